The van der Waals surface area contributed by atoms with Crippen LogP contribution in [0.3, 0.4) is 0 Å². The van der Waals surface area contributed by atoms with E-state index >= 15 is 0 Å². The van der Waals surface area contributed by atoms with Gasteiger partial charge in [0.15, 0.2) is 0 Å². The van der Waals surface area contributed by atoms with E-state index < -0.39 is 0 Å². The van der Waals surface area contributed by atoms with Crippen molar-refractivity contribution in [3.63, 3.8) is 0 Å². The molecule has 0 saturated carbocycles. The molecule has 0 unspecified atom stereocenters. The minimum atomic E-state index is -0.386. The van der Waals surface area contributed by atoms with Crippen LogP contribution in [-0.4, -0.2) is 72.4 Å². The third-order valence-electron chi connectivity index (χ3n) is 3.24. The fourth-order valence-corrected chi connectivity index (χ4v) is 2.18. The molecular weight excluding hydrogens is 244 g/mol. The second kappa shape index (κ2) is 8.30. The van der Waals surface area contributed by atoms with Crippen LogP contribution in [0.2, 0.25) is 0 Å². The van der Waals surface area contributed by atoms with Gasteiger partial charge in [-0.1, -0.05) is 6.08 Å². The maximum absolute atomic E-state index is 12.1. The van der Waals surface area contributed by atoms with Gasteiger partial charge < -0.3 is 14.7 Å². The number of carbonyl (C=O) groups excluding carboxylic acids is 1. The third kappa shape index (κ3) is 5.72. The van der Waals surface area contributed by atoms with Crippen LogP contribution in [0.5, 0.6) is 0 Å². The number of carbonyl (C=O) groups is 1. The molecule has 1 aliphatic rings. The molecule has 2 atom stereocenters. The third-order valence-corrected chi connectivity index (χ3v) is 3.24. The van der Waals surface area contributed by atoms with Crippen molar-refractivity contribution in [2.24, 2.45) is 0 Å². The highest BCUT2D eigenvalue weighted by Crippen LogP contribution is 2.07. The Morgan fingerprint density at radius 1 is 1.37 bits per heavy atom. The van der Waals surface area contributed by atoms with Crippen LogP contribution in [0, 0.1) is 0 Å². The Morgan fingerprint density at radius 3 is 2.53 bits per heavy atom. The van der Waals surface area contributed by atoms with Crippen molar-refractivity contribution < 1.29 is 14.6 Å². The molecule has 110 valence electrons. The molecule has 1 rings (SSSR count). The zero-order valence-corrected chi connectivity index (χ0v) is 12.0. The van der Waals surface area contributed by atoms with Crippen LogP contribution in [0.15, 0.2) is 12.7 Å². The summed E-state index contributed by atoms with van der Waals surface area (Å²) in [5.74, 6) is 0.0563. The van der Waals surface area contributed by atoms with Crippen LogP contribution in [0.4, 0.5) is 0 Å². The average Bonchev–Trinajstić information content (AvgIpc) is 2.38. The largest absolute Gasteiger partial charge is 0.392 e. The summed E-state index contributed by atoms with van der Waals surface area (Å²) < 4.78 is 5.47. The molecule has 1 N–H and O–H groups in total. The lowest BCUT2D eigenvalue weighted by molar-refractivity contribution is -0.144. The van der Waals surface area contributed by atoms with Gasteiger partial charge in [-0.15, -0.1) is 6.58 Å². The first-order chi connectivity index (χ1) is 9.04. The van der Waals surface area contributed by atoms with E-state index in [2.05, 4.69) is 11.5 Å². The van der Waals surface area contributed by atoms with E-state index in [1.807, 2.05) is 4.90 Å². The van der Waals surface area contributed by atoms with Gasteiger partial charge in [0.25, 0.3) is 5.91 Å². The Balaban J connectivity index is 2.29. The molecule has 0 aromatic heterocycles. The number of amides is 1. The molecule has 5 nitrogen and oxygen atoms in total. The zero-order chi connectivity index (χ0) is 14.3. The van der Waals surface area contributed by atoms with E-state index in [0.29, 0.717) is 26.2 Å². The van der Waals surface area contributed by atoms with Crippen molar-refractivity contribution >= 4 is 5.91 Å². The molecule has 5 heteroatoms. The molecule has 0 spiro atoms. The SMILES string of the molecule is C=CCCO[C@H](C)C(=O)N1CCN(C[C@H](C)O)CC1. The van der Waals surface area contributed by atoms with Gasteiger partial charge in [-0.25, -0.2) is 0 Å². The summed E-state index contributed by atoms with van der Waals surface area (Å²) in [6, 6.07) is 0. The molecular formula is C14H26N2O3. The van der Waals surface area contributed by atoms with Gasteiger partial charge >= 0.3 is 0 Å². The van der Waals surface area contributed by atoms with Crippen LogP contribution in [0.1, 0.15) is 20.3 Å². The lowest BCUT2D eigenvalue weighted by atomic mass is 10.2. The first-order valence-corrected chi connectivity index (χ1v) is 6.96. The van der Waals surface area contributed by atoms with Crippen LogP contribution in [-0.2, 0) is 9.53 Å². The highest BCUT2D eigenvalue weighted by Gasteiger charge is 2.25. The van der Waals surface area contributed by atoms with Crippen LogP contribution in [0.25, 0.3) is 0 Å². The summed E-state index contributed by atoms with van der Waals surface area (Å²) in [5, 5.41) is 9.34. The standard InChI is InChI=1S/C14H26N2O3/c1-4-5-10-19-13(3)14(18)16-8-6-15(7-9-16)11-12(2)17/h4,12-13,17H,1,5-11H2,2-3H3/t12-,13+/m0/s1. The average molecular weight is 270 g/mol. The predicted molar refractivity (Wildman–Crippen MR) is 74.9 cm³/mol. The van der Waals surface area contributed by atoms with Gasteiger partial charge in [0.2, 0.25) is 0 Å². The lowest BCUT2D eigenvalue weighted by Gasteiger charge is -2.36. The highest BCUT2D eigenvalue weighted by atomic mass is 16.5. The van der Waals surface area contributed by atoms with E-state index in [9.17, 15) is 9.90 Å². The predicted octanol–water partition coefficient (Wildman–Crippen LogP) is 0.493. The van der Waals surface area contributed by atoms with Crippen molar-refractivity contribution in [2.75, 3.05) is 39.3 Å². The fourth-order valence-electron chi connectivity index (χ4n) is 2.18. The van der Waals surface area contributed by atoms with Crippen molar-refractivity contribution in [3.8, 4) is 0 Å². The minimum absolute atomic E-state index is 0.0563. The molecule has 1 heterocycles. The second-order valence-electron chi connectivity index (χ2n) is 5.07. The van der Waals surface area contributed by atoms with Gasteiger partial charge in [-0.05, 0) is 20.3 Å². The van der Waals surface area contributed by atoms with Gasteiger partial charge in [0.05, 0.1) is 12.7 Å². The summed E-state index contributed by atoms with van der Waals surface area (Å²) in [6.07, 6.45) is 1.85. The maximum atomic E-state index is 12.1. The summed E-state index contributed by atoms with van der Waals surface area (Å²) in [7, 11) is 0. The normalized spacial score (nSPS) is 20.1. The number of nitrogens with zero attached hydrogens (tertiary/aromatic N) is 2. The Bertz CT molecular complexity index is 286. The summed E-state index contributed by atoms with van der Waals surface area (Å²) in [4.78, 5) is 16.2. The molecule has 1 amide bonds. The molecule has 0 aromatic rings. The van der Waals surface area contributed by atoms with Gasteiger partial charge in [0, 0.05) is 32.7 Å². The Hall–Kier alpha value is -0.910. The molecule has 1 aliphatic heterocycles. The molecule has 0 aromatic carbocycles. The first-order valence-electron chi connectivity index (χ1n) is 6.96. The van der Waals surface area contributed by atoms with Gasteiger partial charge in [-0.3, -0.25) is 9.69 Å². The number of aliphatic hydroxyl groups is 1. The van der Waals surface area contributed by atoms with E-state index in [0.717, 1.165) is 19.5 Å². The number of aliphatic hydroxyl groups excluding tert-OH is 1. The first kappa shape index (κ1) is 16.1. The topological polar surface area (TPSA) is 53.0 Å². The monoisotopic (exact) mass is 270 g/mol. The minimum Gasteiger partial charge on any atom is -0.392 e. The lowest BCUT2D eigenvalue weighted by Crippen LogP contribution is -2.52. The van der Waals surface area contributed by atoms with Crippen LogP contribution < -0.4 is 0 Å². The summed E-state index contributed by atoms with van der Waals surface area (Å²) in [6.45, 7) is 11.5. The van der Waals surface area contributed by atoms with Crippen molar-refractivity contribution in [2.45, 2.75) is 32.5 Å². The van der Waals surface area contributed by atoms with E-state index in [4.69, 9.17) is 4.74 Å². The van der Waals surface area contributed by atoms with Crippen molar-refractivity contribution in [1.29, 1.82) is 0 Å². The highest BCUT2D eigenvalue weighted by molar-refractivity contribution is 5.80. The molecule has 1 fully saturated rings. The van der Waals surface area contributed by atoms with E-state index in [1.165, 1.54) is 0 Å². The molecule has 1 saturated heterocycles. The summed E-state index contributed by atoms with van der Waals surface area (Å²) >= 11 is 0. The molecule has 19 heavy (non-hydrogen) atoms. The molecule has 0 aliphatic carbocycles. The second-order valence-corrected chi connectivity index (χ2v) is 5.07. The number of piperazine rings is 1. The number of hydrogen-bond donors (Lipinski definition) is 1. The molecule has 0 bridgehead atoms. The quantitative estimate of drug-likeness (QED) is 0.540. The summed E-state index contributed by atoms with van der Waals surface area (Å²) in [5.41, 5.74) is 0. The number of rotatable bonds is 7. The Morgan fingerprint density at radius 2 is 2.00 bits per heavy atom. The number of hydrogen-bond acceptors (Lipinski definition) is 4. The number of ether oxygens (including phenoxy) is 1. The van der Waals surface area contributed by atoms with E-state index in [-0.39, 0.29) is 18.1 Å². The Labute approximate surface area is 115 Å². The van der Waals surface area contributed by atoms with E-state index in [1.54, 1.807) is 19.9 Å². The van der Waals surface area contributed by atoms with Gasteiger partial charge in [0.1, 0.15) is 6.10 Å². The Kier molecular flexibility index (Phi) is 7.05. The fraction of sp³-hybridized carbons (Fsp3) is 0.786. The van der Waals surface area contributed by atoms with Crippen molar-refractivity contribution in [3.05, 3.63) is 12.7 Å². The smallest absolute Gasteiger partial charge is 0.251 e. The van der Waals surface area contributed by atoms with Crippen molar-refractivity contribution in [1.82, 2.24) is 9.80 Å². The maximum Gasteiger partial charge on any atom is 0.251 e. The van der Waals surface area contributed by atoms with Crippen LogP contribution >= 0.6 is 0 Å². The zero-order valence-electron chi connectivity index (χ0n) is 12.0. The van der Waals surface area contributed by atoms with Gasteiger partial charge in [-0.2, -0.15) is 0 Å². The molecule has 0 radical (unpaired) electrons. The number of β-amino-alcohol motifs (C(OH)–C–C–N with tert-alkyl or cyclic N) is 1.